The number of ether oxygens (including phenoxy) is 2. The first-order chi connectivity index (χ1) is 15.5. The number of hydrogen-bond donors (Lipinski definition) is 1. The Bertz CT molecular complexity index is 1240. The van der Waals surface area contributed by atoms with Crippen molar-refractivity contribution in [3.05, 3.63) is 46.5 Å². The summed E-state index contributed by atoms with van der Waals surface area (Å²) in [4.78, 5) is 17.0. The third-order valence-corrected chi connectivity index (χ3v) is 6.50. The highest BCUT2D eigenvalue weighted by atomic mass is 32.1. The van der Waals surface area contributed by atoms with Crippen LogP contribution in [0.15, 0.2) is 30.3 Å². The van der Waals surface area contributed by atoms with Gasteiger partial charge in [0.15, 0.2) is 10.1 Å². The quantitative estimate of drug-likeness (QED) is 0.374. The van der Waals surface area contributed by atoms with E-state index in [-0.39, 0.29) is 12.2 Å². The zero-order valence-electron chi connectivity index (χ0n) is 18.2. The van der Waals surface area contributed by atoms with Gasteiger partial charge in [0.05, 0.1) is 35.4 Å². The Kier molecular flexibility index (Phi) is 6.66. The van der Waals surface area contributed by atoms with Crippen LogP contribution in [0.25, 0.3) is 20.8 Å². The summed E-state index contributed by atoms with van der Waals surface area (Å²) in [5, 5.41) is 10.5. The average Bonchev–Trinajstić information content (AvgIpc) is 3.33. The van der Waals surface area contributed by atoms with Crippen LogP contribution in [0.4, 0.5) is 5.13 Å². The van der Waals surface area contributed by atoms with Gasteiger partial charge in [-0.15, -0.1) is 10.2 Å². The number of anilines is 1. The Balaban J connectivity index is 1.54. The van der Waals surface area contributed by atoms with Crippen LogP contribution in [0.1, 0.15) is 30.0 Å². The van der Waals surface area contributed by atoms with Gasteiger partial charge < -0.3 is 15.2 Å². The molecular formula is C23H24N4O3S2. The summed E-state index contributed by atoms with van der Waals surface area (Å²) in [7, 11) is 0. The zero-order chi connectivity index (χ0) is 22.7. The molecular weight excluding hydrogens is 444 g/mol. The number of carbonyl (C=O) groups excluding carboxylic acids is 1. The van der Waals surface area contributed by atoms with Crippen molar-refractivity contribution >= 4 is 43.8 Å². The minimum Gasteiger partial charge on any atom is -0.493 e. The first-order valence-corrected chi connectivity index (χ1v) is 12.0. The summed E-state index contributed by atoms with van der Waals surface area (Å²) in [6.45, 7) is 6.93. The maximum absolute atomic E-state index is 12.7. The van der Waals surface area contributed by atoms with Crippen LogP contribution in [-0.4, -0.2) is 34.2 Å². The monoisotopic (exact) mass is 468 g/mol. The third kappa shape index (κ3) is 4.89. The molecule has 9 heteroatoms. The predicted molar refractivity (Wildman–Crippen MR) is 129 cm³/mol. The lowest BCUT2D eigenvalue weighted by atomic mass is 10.1. The Morgan fingerprint density at radius 2 is 1.72 bits per heavy atom. The molecule has 0 saturated heterocycles. The molecule has 0 saturated carbocycles. The van der Waals surface area contributed by atoms with Crippen LogP contribution in [-0.2, 0) is 17.6 Å². The van der Waals surface area contributed by atoms with E-state index in [1.165, 1.54) is 22.7 Å². The van der Waals surface area contributed by atoms with Crippen LogP contribution in [0.5, 0.6) is 11.5 Å². The van der Waals surface area contributed by atoms with Crippen LogP contribution in [0.2, 0.25) is 0 Å². The molecule has 166 valence electrons. The van der Waals surface area contributed by atoms with Gasteiger partial charge in [0, 0.05) is 6.42 Å². The molecule has 0 atom stereocenters. The second kappa shape index (κ2) is 9.62. The lowest BCUT2D eigenvalue weighted by molar-refractivity contribution is -0.117. The van der Waals surface area contributed by atoms with Gasteiger partial charge in [-0.25, -0.2) is 4.98 Å². The molecule has 2 aromatic heterocycles. The number of fused-ring (bicyclic) bond motifs is 1. The molecule has 0 aliphatic carbocycles. The molecule has 4 rings (SSSR count). The van der Waals surface area contributed by atoms with Gasteiger partial charge in [0.25, 0.3) is 0 Å². The van der Waals surface area contributed by atoms with E-state index in [0.717, 1.165) is 26.9 Å². The van der Waals surface area contributed by atoms with Crippen molar-refractivity contribution in [2.75, 3.05) is 18.9 Å². The number of aryl methyl sites for hydroxylation is 1. The number of thiazole rings is 1. The van der Waals surface area contributed by atoms with Crippen molar-refractivity contribution < 1.29 is 14.3 Å². The number of aromatic nitrogens is 3. The Morgan fingerprint density at radius 3 is 2.41 bits per heavy atom. The van der Waals surface area contributed by atoms with Crippen LogP contribution in [0.3, 0.4) is 0 Å². The van der Waals surface area contributed by atoms with E-state index in [1.54, 1.807) is 0 Å². The predicted octanol–water partition coefficient (Wildman–Crippen LogP) is 4.86. The van der Waals surface area contributed by atoms with E-state index in [2.05, 4.69) is 15.2 Å². The number of nitrogen functional groups attached to an aromatic ring is 1. The minimum atomic E-state index is 0.0727. The molecule has 0 spiro atoms. The summed E-state index contributed by atoms with van der Waals surface area (Å²) in [6, 6.07) is 9.73. The van der Waals surface area contributed by atoms with Crippen molar-refractivity contribution in [3.63, 3.8) is 0 Å². The van der Waals surface area contributed by atoms with Crippen molar-refractivity contribution in [3.8, 4) is 22.1 Å². The summed E-state index contributed by atoms with van der Waals surface area (Å²) in [5.41, 5.74) is 9.38. The SMILES string of the molecule is CCOc1cc(C)cc(OCC)c1-c1nnc(CC(=O)Cc2ccc3nc(N)sc3c2)s1. The number of ketones is 1. The molecule has 0 aliphatic heterocycles. The van der Waals surface area contributed by atoms with Crippen molar-refractivity contribution in [1.82, 2.24) is 15.2 Å². The summed E-state index contributed by atoms with van der Waals surface area (Å²) in [5.74, 6) is 1.49. The van der Waals surface area contributed by atoms with E-state index in [4.69, 9.17) is 15.2 Å². The Morgan fingerprint density at radius 1 is 1.00 bits per heavy atom. The smallest absolute Gasteiger partial charge is 0.181 e. The molecule has 2 aromatic carbocycles. The molecule has 7 nitrogen and oxygen atoms in total. The largest absolute Gasteiger partial charge is 0.493 e. The number of carbonyl (C=O) groups is 1. The van der Waals surface area contributed by atoms with Gasteiger partial charge in [-0.2, -0.15) is 0 Å². The van der Waals surface area contributed by atoms with Gasteiger partial charge in [-0.05, 0) is 56.2 Å². The second-order valence-electron chi connectivity index (χ2n) is 7.25. The van der Waals surface area contributed by atoms with E-state index in [1.807, 2.05) is 51.1 Å². The number of benzene rings is 2. The Hall–Kier alpha value is -3.04. The maximum Gasteiger partial charge on any atom is 0.181 e. The fourth-order valence-corrected chi connectivity index (χ4v) is 5.17. The van der Waals surface area contributed by atoms with Crippen molar-refractivity contribution in [2.24, 2.45) is 0 Å². The first-order valence-electron chi connectivity index (χ1n) is 10.4. The van der Waals surface area contributed by atoms with E-state index in [9.17, 15) is 4.79 Å². The van der Waals surface area contributed by atoms with Crippen molar-refractivity contribution in [2.45, 2.75) is 33.6 Å². The highest BCUT2D eigenvalue weighted by molar-refractivity contribution is 7.22. The van der Waals surface area contributed by atoms with E-state index < -0.39 is 0 Å². The van der Waals surface area contributed by atoms with Gasteiger partial charge in [-0.3, -0.25) is 4.79 Å². The lowest BCUT2D eigenvalue weighted by Crippen LogP contribution is -2.06. The molecule has 0 radical (unpaired) electrons. The topological polar surface area (TPSA) is 100 Å². The summed E-state index contributed by atoms with van der Waals surface area (Å²) in [6.07, 6.45) is 0.544. The maximum atomic E-state index is 12.7. The molecule has 0 unspecified atom stereocenters. The molecule has 0 fully saturated rings. The molecule has 4 aromatic rings. The molecule has 2 N–H and O–H groups in total. The number of nitrogens with zero attached hydrogens (tertiary/aromatic N) is 3. The second-order valence-corrected chi connectivity index (χ2v) is 9.37. The minimum absolute atomic E-state index is 0.0727. The molecule has 2 heterocycles. The van der Waals surface area contributed by atoms with E-state index >= 15 is 0 Å². The van der Waals surface area contributed by atoms with E-state index in [0.29, 0.717) is 46.3 Å². The standard InChI is InChI=1S/C23H24N4O3S2/c1-4-29-17-8-13(3)9-18(30-5-2)21(17)22-27-26-20(32-22)12-15(28)10-14-6-7-16-19(11-14)31-23(24)25-16/h6-9,11H,4-5,10,12H2,1-3H3,(H2,24,25). The molecule has 0 bridgehead atoms. The van der Waals surface area contributed by atoms with Crippen LogP contribution in [0, 0.1) is 6.92 Å². The normalized spacial score (nSPS) is 11.1. The number of hydrogen-bond acceptors (Lipinski definition) is 9. The average molecular weight is 469 g/mol. The van der Waals surface area contributed by atoms with Gasteiger partial charge >= 0.3 is 0 Å². The summed E-state index contributed by atoms with van der Waals surface area (Å²) >= 11 is 2.81. The van der Waals surface area contributed by atoms with Gasteiger partial charge in [0.2, 0.25) is 0 Å². The number of Topliss-reactive ketones (excluding diaryl/α,β-unsaturated/α-hetero) is 1. The van der Waals surface area contributed by atoms with Crippen molar-refractivity contribution in [1.29, 1.82) is 0 Å². The zero-order valence-corrected chi connectivity index (χ0v) is 19.8. The lowest BCUT2D eigenvalue weighted by Gasteiger charge is -2.14. The van der Waals surface area contributed by atoms with Gasteiger partial charge in [-0.1, -0.05) is 28.7 Å². The fourth-order valence-electron chi connectivity index (χ4n) is 3.45. The third-order valence-electron chi connectivity index (χ3n) is 4.71. The number of nitrogens with two attached hydrogens (primary N) is 1. The van der Waals surface area contributed by atoms with Gasteiger partial charge in [0.1, 0.15) is 22.3 Å². The molecule has 0 amide bonds. The summed E-state index contributed by atoms with van der Waals surface area (Å²) < 4.78 is 12.7. The highest BCUT2D eigenvalue weighted by Crippen LogP contribution is 2.41. The van der Waals surface area contributed by atoms with Crippen LogP contribution < -0.4 is 15.2 Å². The molecule has 32 heavy (non-hydrogen) atoms. The Labute approximate surface area is 194 Å². The first kappa shape index (κ1) is 22.2. The number of rotatable bonds is 9. The fraction of sp³-hybridized carbons (Fsp3) is 0.304. The molecule has 0 aliphatic rings. The van der Waals surface area contributed by atoms with Crippen LogP contribution >= 0.6 is 22.7 Å². The highest BCUT2D eigenvalue weighted by Gasteiger charge is 2.20.